The van der Waals surface area contributed by atoms with Crippen LogP contribution in [0.15, 0.2) is 48.5 Å². The molecule has 0 fully saturated rings. The summed E-state index contributed by atoms with van der Waals surface area (Å²) in [6.07, 6.45) is 0. The lowest BCUT2D eigenvalue weighted by Gasteiger charge is -2.29. The zero-order valence-electron chi connectivity index (χ0n) is 11.6. The minimum absolute atomic E-state index is 0.00948. The molecule has 0 atom stereocenters. The van der Waals surface area contributed by atoms with Gasteiger partial charge in [0.25, 0.3) is 0 Å². The summed E-state index contributed by atoms with van der Waals surface area (Å²) >= 11 is 5.98. The minimum atomic E-state index is -0.401. The van der Waals surface area contributed by atoms with Gasteiger partial charge in [-0.05, 0) is 30.3 Å². The number of ether oxygens (including phenoxy) is 1. The van der Waals surface area contributed by atoms with Gasteiger partial charge in [0.05, 0.1) is 12.2 Å². The number of rotatable bonds is 3. The van der Waals surface area contributed by atoms with Crippen molar-refractivity contribution in [1.82, 2.24) is 0 Å². The van der Waals surface area contributed by atoms with Crippen LogP contribution < -0.4 is 15.0 Å². The van der Waals surface area contributed by atoms with Crippen LogP contribution in [0.4, 0.5) is 11.4 Å². The molecular weight excluding hydrogens is 304 g/mol. The number of esters is 1. The molecule has 0 saturated heterocycles. The lowest BCUT2D eigenvalue weighted by molar-refractivity contribution is -0.133. The molecule has 0 bridgehead atoms. The van der Waals surface area contributed by atoms with Crippen molar-refractivity contribution in [3.8, 4) is 5.75 Å². The summed E-state index contributed by atoms with van der Waals surface area (Å²) < 4.78 is 5.15. The summed E-state index contributed by atoms with van der Waals surface area (Å²) in [5.41, 5.74) is 1.34. The number of para-hydroxylation sites is 1. The molecule has 1 aliphatic rings. The van der Waals surface area contributed by atoms with Gasteiger partial charge in [0, 0.05) is 10.7 Å². The van der Waals surface area contributed by atoms with E-state index in [-0.39, 0.29) is 19.0 Å². The van der Waals surface area contributed by atoms with E-state index in [9.17, 15) is 9.59 Å². The number of fused-ring (bicyclic) bond motifs is 1. The van der Waals surface area contributed by atoms with E-state index in [2.05, 4.69) is 5.32 Å². The first-order chi connectivity index (χ1) is 10.6. The van der Waals surface area contributed by atoms with Gasteiger partial charge in [-0.1, -0.05) is 29.8 Å². The van der Waals surface area contributed by atoms with Crippen molar-refractivity contribution < 1.29 is 14.3 Å². The van der Waals surface area contributed by atoms with Crippen molar-refractivity contribution in [3.63, 3.8) is 0 Å². The van der Waals surface area contributed by atoms with Gasteiger partial charge in [0.2, 0.25) is 5.91 Å². The number of nitrogens with one attached hydrogen (secondary N) is 1. The van der Waals surface area contributed by atoms with Gasteiger partial charge in [-0.25, -0.2) is 4.79 Å². The van der Waals surface area contributed by atoms with Gasteiger partial charge < -0.3 is 15.0 Å². The average molecular weight is 317 g/mol. The van der Waals surface area contributed by atoms with Crippen LogP contribution in [0.2, 0.25) is 5.02 Å². The monoisotopic (exact) mass is 316 g/mol. The second-order valence-electron chi connectivity index (χ2n) is 4.86. The largest absolute Gasteiger partial charge is 0.423 e. The number of carbonyl (C=O) groups is 2. The fourth-order valence-electron chi connectivity index (χ4n) is 2.26. The van der Waals surface area contributed by atoms with Crippen molar-refractivity contribution in [1.29, 1.82) is 0 Å². The van der Waals surface area contributed by atoms with E-state index >= 15 is 0 Å². The van der Waals surface area contributed by atoms with Crippen molar-refractivity contribution in [3.05, 3.63) is 53.6 Å². The Morgan fingerprint density at radius 3 is 2.77 bits per heavy atom. The zero-order chi connectivity index (χ0) is 15.5. The van der Waals surface area contributed by atoms with Crippen molar-refractivity contribution >= 4 is 34.9 Å². The van der Waals surface area contributed by atoms with Crippen LogP contribution in [0.3, 0.4) is 0 Å². The zero-order valence-corrected chi connectivity index (χ0v) is 12.3. The highest BCUT2D eigenvalue weighted by Crippen LogP contribution is 2.34. The number of halogens is 1. The Kier molecular flexibility index (Phi) is 3.98. The fraction of sp³-hybridized carbons (Fsp3) is 0.125. The molecule has 0 radical (unpaired) electrons. The predicted octanol–water partition coefficient (Wildman–Crippen LogP) is 2.70. The summed E-state index contributed by atoms with van der Waals surface area (Å²) in [4.78, 5) is 25.4. The highest BCUT2D eigenvalue weighted by molar-refractivity contribution is 6.31. The van der Waals surface area contributed by atoms with Crippen LogP contribution in [0.1, 0.15) is 0 Å². The highest BCUT2D eigenvalue weighted by atomic mass is 35.5. The maximum Gasteiger partial charge on any atom is 0.331 e. The molecule has 1 amide bonds. The molecule has 2 aromatic carbocycles. The topological polar surface area (TPSA) is 58.6 Å². The standard InChI is InChI=1S/C16H13ClN2O3/c17-11-6-7-14-13(8-11)19(10-16(21)22-14)9-15(20)18-12-4-2-1-3-5-12/h1-8H,9-10H2,(H,18,20). The number of hydrogen-bond acceptors (Lipinski definition) is 4. The molecule has 0 aliphatic carbocycles. The Balaban J connectivity index is 1.76. The molecule has 0 saturated carbocycles. The lowest BCUT2D eigenvalue weighted by atomic mass is 10.2. The second kappa shape index (κ2) is 6.07. The lowest BCUT2D eigenvalue weighted by Crippen LogP contribution is -2.41. The molecular formula is C16H13ClN2O3. The van der Waals surface area contributed by atoms with Crippen LogP contribution in [0, 0.1) is 0 Å². The van der Waals surface area contributed by atoms with E-state index in [4.69, 9.17) is 16.3 Å². The molecule has 0 spiro atoms. The maximum absolute atomic E-state index is 12.1. The Bertz CT molecular complexity index is 719. The van der Waals surface area contributed by atoms with Crippen LogP contribution in [-0.2, 0) is 9.59 Å². The Hall–Kier alpha value is -2.53. The molecule has 1 aliphatic heterocycles. The number of amides is 1. The van der Waals surface area contributed by atoms with Gasteiger partial charge in [-0.3, -0.25) is 4.79 Å². The number of anilines is 2. The van der Waals surface area contributed by atoms with E-state index in [1.807, 2.05) is 18.2 Å². The molecule has 22 heavy (non-hydrogen) atoms. The Morgan fingerprint density at radius 2 is 2.00 bits per heavy atom. The van der Waals surface area contributed by atoms with Gasteiger partial charge in [0.1, 0.15) is 6.54 Å². The fourth-order valence-corrected chi connectivity index (χ4v) is 2.42. The predicted molar refractivity (Wildman–Crippen MR) is 84.4 cm³/mol. The number of hydrogen-bond donors (Lipinski definition) is 1. The normalized spacial score (nSPS) is 13.3. The first-order valence-electron chi connectivity index (χ1n) is 6.72. The summed E-state index contributed by atoms with van der Waals surface area (Å²) in [6, 6.07) is 14.1. The Morgan fingerprint density at radius 1 is 1.23 bits per heavy atom. The molecule has 112 valence electrons. The van der Waals surface area contributed by atoms with Gasteiger partial charge in [0.15, 0.2) is 5.75 Å². The molecule has 5 nitrogen and oxygen atoms in total. The van der Waals surface area contributed by atoms with E-state index in [0.29, 0.717) is 22.1 Å². The molecule has 0 aromatic heterocycles. The summed E-state index contributed by atoms with van der Waals surface area (Å²) in [7, 11) is 0. The Labute approximate surface area is 132 Å². The van der Waals surface area contributed by atoms with E-state index in [1.165, 1.54) is 0 Å². The third-order valence-corrected chi connectivity index (χ3v) is 3.43. The molecule has 3 rings (SSSR count). The third kappa shape index (κ3) is 3.20. The third-order valence-electron chi connectivity index (χ3n) is 3.20. The van der Waals surface area contributed by atoms with Gasteiger partial charge in [-0.2, -0.15) is 0 Å². The van der Waals surface area contributed by atoms with Crippen LogP contribution >= 0.6 is 11.6 Å². The molecule has 2 aromatic rings. The quantitative estimate of drug-likeness (QED) is 0.698. The van der Waals surface area contributed by atoms with Crippen molar-refractivity contribution in [2.45, 2.75) is 0 Å². The number of carbonyl (C=O) groups excluding carboxylic acids is 2. The van der Waals surface area contributed by atoms with Crippen molar-refractivity contribution in [2.75, 3.05) is 23.3 Å². The smallest absolute Gasteiger partial charge is 0.331 e. The number of benzene rings is 2. The summed E-state index contributed by atoms with van der Waals surface area (Å²) in [5.74, 6) is -0.206. The van der Waals surface area contributed by atoms with E-state index in [1.54, 1.807) is 35.2 Å². The summed E-state index contributed by atoms with van der Waals surface area (Å²) in [5, 5.41) is 3.30. The first-order valence-corrected chi connectivity index (χ1v) is 7.10. The van der Waals surface area contributed by atoms with Crippen molar-refractivity contribution in [2.24, 2.45) is 0 Å². The van der Waals surface area contributed by atoms with Crippen LogP contribution in [0.25, 0.3) is 0 Å². The minimum Gasteiger partial charge on any atom is -0.423 e. The summed E-state index contributed by atoms with van der Waals surface area (Å²) in [6.45, 7) is 0.0485. The average Bonchev–Trinajstić information content (AvgIpc) is 2.49. The van der Waals surface area contributed by atoms with Gasteiger partial charge >= 0.3 is 5.97 Å². The molecule has 6 heteroatoms. The second-order valence-corrected chi connectivity index (χ2v) is 5.29. The molecule has 1 N–H and O–H groups in total. The van der Waals surface area contributed by atoms with Crippen LogP contribution in [0.5, 0.6) is 5.75 Å². The SMILES string of the molecule is O=C(CN1CC(=O)Oc2ccc(Cl)cc21)Nc1ccccc1. The van der Waals surface area contributed by atoms with Crippen LogP contribution in [-0.4, -0.2) is 25.0 Å². The van der Waals surface area contributed by atoms with E-state index in [0.717, 1.165) is 0 Å². The molecule has 0 unspecified atom stereocenters. The first kappa shape index (κ1) is 14.4. The highest BCUT2D eigenvalue weighted by Gasteiger charge is 2.25. The van der Waals surface area contributed by atoms with E-state index < -0.39 is 5.97 Å². The number of nitrogens with zero attached hydrogens (tertiary/aromatic N) is 1. The van der Waals surface area contributed by atoms with Gasteiger partial charge in [-0.15, -0.1) is 0 Å². The molecule has 1 heterocycles. The maximum atomic E-state index is 12.1.